The summed E-state index contributed by atoms with van der Waals surface area (Å²) < 4.78 is 12.6. The summed E-state index contributed by atoms with van der Waals surface area (Å²) in [4.78, 5) is 13.2. The molecule has 0 spiro atoms. The third-order valence-electron chi connectivity index (χ3n) is 6.03. The van der Waals surface area contributed by atoms with Crippen molar-refractivity contribution in [1.82, 2.24) is 9.78 Å². The Morgan fingerprint density at radius 1 is 0.971 bits per heavy atom. The van der Waals surface area contributed by atoms with Crippen molar-refractivity contribution in [2.75, 3.05) is 24.9 Å². The topological polar surface area (TPSA) is 77.4 Å². The number of methoxy groups -OCH3 is 2. The molecule has 7 nitrogen and oxygen atoms in total. The number of benzene rings is 3. The zero-order chi connectivity index (χ0) is 24.4. The first-order valence-corrected chi connectivity index (χ1v) is 11.3. The molecule has 1 aliphatic heterocycles. The lowest BCUT2D eigenvalue weighted by Gasteiger charge is -2.26. The maximum Gasteiger partial charge on any atom is 0.261 e. The summed E-state index contributed by atoms with van der Waals surface area (Å²) in [5, 5.41) is 11.0. The minimum atomic E-state index is -0.233. The smallest absolute Gasteiger partial charge is 0.261 e. The highest BCUT2D eigenvalue weighted by molar-refractivity contribution is 6.08. The lowest BCUT2D eigenvalue weighted by molar-refractivity contribution is 0.102. The molecule has 4 aromatic rings. The number of carbonyl (C=O) groups excluding carboxylic acids is 1. The van der Waals surface area contributed by atoms with Gasteiger partial charge < -0.3 is 20.1 Å². The summed E-state index contributed by atoms with van der Waals surface area (Å²) in [6.45, 7) is 2.01. The van der Waals surface area contributed by atoms with Gasteiger partial charge in [0.2, 0.25) is 0 Å². The Balaban J connectivity index is 1.55. The van der Waals surface area contributed by atoms with Crippen molar-refractivity contribution in [2.24, 2.45) is 0 Å². The molecule has 0 radical (unpaired) electrons. The predicted octanol–water partition coefficient (Wildman–Crippen LogP) is 5.52. The Morgan fingerprint density at radius 2 is 1.71 bits per heavy atom. The molecule has 2 N–H and O–H groups in total. The van der Waals surface area contributed by atoms with E-state index in [-0.39, 0.29) is 11.9 Å². The molecular weight excluding hydrogens is 440 g/mol. The predicted molar refractivity (Wildman–Crippen MR) is 137 cm³/mol. The van der Waals surface area contributed by atoms with E-state index in [0.29, 0.717) is 11.4 Å². The first-order valence-electron chi connectivity index (χ1n) is 11.3. The fraction of sp³-hybridized carbons (Fsp3) is 0.143. The number of nitrogens with zero attached hydrogens (tertiary/aromatic N) is 2. The molecule has 1 atom stereocenters. The number of rotatable bonds is 6. The van der Waals surface area contributed by atoms with Crippen LogP contribution >= 0.6 is 0 Å². The Kier molecular flexibility index (Phi) is 5.97. The molecule has 3 aromatic carbocycles. The number of carbonyl (C=O) groups is 1. The van der Waals surface area contributed by atoms with Crippen LogP contribution < -0.4 is 20.1 Å². The molecule has 0 fully saturated rings. The molecule has 7 heteroatoms. The molecule has 0 saturated heterocycles. The average molecular weight is 467 g/mol. The van der Waals surface area contributed by atoms with E-state index in [4.69, 9.17) is 9.47 Å². The Morgan fingerprint density at radius 3 is 2.43 bits per heavy atom. The van der Waals surface area contributed by atoms with Gasteiger partial charge >= 0.3 is 0 Å². The van der Waals surface area contributed by atoms with Crippen molar-refractivity contribution in [3.05, 3.63) is 107 Å². The molecule has 1 unspecified atom stereocenters. The van der Waals surface area contributed by atoms with E-state index in [1.807, 2.05) is 84.4 Å². The van der Waals surface area contributed by atoms with Crippen molar-refractivity contribution >= 4 is 23.1 Å². The minimum Gasteiger partial charge on any atom is -0.497 e. The van der Waals surface area contributed by atoms with E-state index in [1.54, 1.807) is 20.4 Å². The van der Waals surface area contributed by atoms with E-state index < -0.39 is 0 Å². The van der Waals surface area contributed by atoms with Crippen LogP contribution in [0.4, 0.5) is 11.5 Å². The zero-order valence-electron chi connectivity index (χ0n) is 19.8. The van der Waals surface area contributed by atoms with Gasteiger partial charge in [-0.25, -0.2) is 4.68 Å². The summed E-state index contributed by atoms with van der Waals surface area (Å²) >= 11 is 0. The molecule has 0 saturated carbocycles. The Labute approximate surface area is 204 Å². The summed E-state index contributed by atoms with van der Waals surface area (Å²) in [6, 6.07) is 23.1. The molecule has 0 aliphatic carbocycles. The fourth-order valence-corrected chi connectivity index (χ4v) is 4.09. The molecule has 176 valence electrons. The van der Waals surface area contributed by atoms with Gasteiger partial charge in [0.1, 0.15) is 22.9 Å². The number of ether oxygens (including phenoxy) is 2. The third-order valence-corrected chi connectivity index (χ3v) is 6.03. The van der Waals surface area contributed by atoms with E-state index >= 15 is 0 Å². The van der Waals surface area contributed by atoms with Crippen LogP contribution in [0.3, 0.4) is 0 Å². The van der Waals surface area contributed by atoms with Gasteiger partial charge in [-0.15, -0.1) is 0 Å². The highest BCUT2D eigenvalue weighted by atomic mass is 16.5. The molecule has 1 aliphatic rings. The summed E-state index contributed by atoms with van der Waals surface area (Å²) in [7, 11) is 3.29. The third kappa shape index (κ3) is 4.48. The quantitative estimate of drug-likeness (QED) is 0.391. The number of allylic oxidation sites excluding steroid dienone is 1. The van der Waals surface area contributed by atoms with E-state index in [9.17, 15) is 4.79 Å². The number of aromatic nitrogens is 2. The number of nitrogens with one attached hydrogen (secondary N) is 2. The second-order valence-electron chi connectivity index (χ2n) is 8.33. The first-order chi connectivity index (χ1) is 17.1. The molecule has 1 amide bonds. The van der Waals surface area contributed by atoms with Gasteiger partial charge in [0.05, 0.1) is 26.5 Å². The number of fused-ring (bicyclic) bond motifs is 1. The average Bonchev–Trinajstić information content (AvgIpc) is 3.34. The SMILES string of the molecule is COc1ccc(C2C=C(c3cccc(OC)c3)Nc3c(C(=O)Nc4ccc(C)cc4)cnn32)cc1. The largest absolute Gasteiger partial charge is 0.497 e. The van der Waals surface area contributed by atoms with Crippen molar-refractivity contribution in [3.63, 3.8) is 0 Å². The zero-order valence-corrected chi connectivity index (χ0v) is 19.8. The molecule has 5 rings (SSSR count). The fourth-order valence-electron chi connectivity index (χ4n) is 4.09. The number of hydrogen-bond acceptors (Lipinski definition) is 5. The number of aryl methyl sites for hydroxylation is 1. The van der Waals surface area contributed by atoms with Crippen molar-refractivity contribution in [1.29, 1.82) is 0 Å². The standard InChI is InChI=1S/C28H26N4O3/c1-18-7-11-21(12-8-18)30-28(33)24-17-29-32-26(19-9-13-22(34-2)14-10-19)16-25(31-27(24)32)20-5-4-6-23(15-20)35-3/h4-17,26,31H,1-3H3,(H,30,33). The molecule has 35 heavy (non-hydrogen) atoms. The number of amides is 1. The van der Waals surface area contributed by atoms with Gasteiger partial charge in [-0.3, -0.25) is 4.79 Å². The minimum absolute atomic E-state index is 0.223. The van der Waals surface area contributed by atoms with E-state index in [1.165, 1.54) is 0 Å². The maximum absolute atomic E-state index is 13.2. The lowest BCUT2D eigenvalue weighted by Crippen LogP contribution is -2.22. The monoisotopic (exact) mass is 466 g/mol. The molecular formula is C28H26N4O3. The van der Waals surface area contributed by atoms with Gasteiger partial charge in [-0.1, -0.05) is 42.0 Å². The maximum atomic E-state index is 13.2. The van der Waals surface area contributed by atoms with Crippen LogP contribution in [0.25, 0.3) is 5.70 Å². The van der Waals surface area contributed by atoms with Crippen LogP contribution in [-0.2, 0) is 0 Å². The van der Waals surface area contributed by atoms with Crippen molar-refractivity contribution in [3.8, 4) is 11.5 Å². The molecule has 0 bridgehead atoms. The van der Waals surface area contributed by atoms with Gasteiger partial charge in [0, 0.05) is 16.9 Å². The highest BCUT2D eigenvalue weighted by Crippen LogP contribution is 2.36. The summed E-state index contributed by atoms with van der Waals surface area (Å²) in [5.74, 6) is 1.92. The van der Waals surface area contributed by atoms with Crippen LogP contribution in [0.1, 0.15) is 33.1 Å². The van der Waals surface area contributed by atoms with Crippen LogP contribution in [-0.4, -0.2) is 29.9 Å². The first kappa shape index (κ1) is 22.3. The summed E-state index contributed by atoms with van der Waals surface area (Å²) in [5.41, 5.74) is 5.14. The highest BCUT2D eigenvalue weighted by Gasteiger charge is 2.28. The molecule has 1 aromatic heterocycles. The summed E-state index contributed by atoms with van der Waals surface area (Å²) in [6.07, 6.45) is 3.70. The van der Waals surface area contributed by atoms with E-state index in [0.717, 1.165) is 39.6 Å². The van der Waals surface area contributed by atoms with Crippen LogP contribution in [0.15, 0.2) is 85.1 Å². The van der Waals surface area contributed by atoms with E-state index in [2.05, 4.69) is 21.8 Å². The van der Waals surface area contributed by atoms with Gasteiger partial charge in [0.15, 0.2) is 0 Å². The second kappa shape index (κ2) is 9.38. The molecule has 2 heterocycles. The van der Waals surface area contributed by atoms with Crippen LogP contribution in [0, 0.1) is 6.92 Å². The number of anilines is 2. The van der Waals surface area contributed by atoms with Gasteiger partial charge in [-0.2, -0.15) is 5.10 Å². The van der Waals surface area contributed by atoms with Gasteiger partial charge in [0.25, 0.3) is 5.91 Å². The lowest BCUT2D eigenvalue weighted by atomic mass is 10.0. The second-order valence-corrected chi connectivity index (χ2v) is 8.33. The number of hydrogen-bond donors (Lipinski definition) is 2. The van der Waals surface area contributed by atoms with Crippen molar-refractivity contribution in [2.45, 2.75) is 13.0 Å². The Bertz CT molecular complexity index is 1390. The van der Waals surface area contributed by atoms with Gasteiger partial charge in [-0.05, 0) is 55.0 Å². The normalized spacial score (nSPS) is 14.4. The van der Waals surface area contributed by atoms with Crippen LogP contribution in [0.5, 0.6) is 11.5 Å². The van der Waals surface area contributed by atoms with Crippen LogP contribution in [0.2, 0.25) is 0 Å². The Hall–Kier alpha value is -4.52. The van der Waals surface area contributed by atoms with Crippen molar-refractivity contribution < 1.29 is 14.3 Å².